The number of rotatable bonds is 8. The molecule has 0 aliphatic rings. The maximum absolute atomic E-state index is 12.5. The minimum atomic E-state index is -1.03. The van der Waals surface area contributed by atoms with Gasteiger partial charge in [0.25, 0.3) is 11.8 Å². The number of carbonyl (C=O) groups excluding carboxylic acids is 3. The van der Waals surface area contributed by atoms with E-state index in [9.17, 15) is 14.4 Å². The Morgan fingerprint density at radius 2 is 1.82 bits per heavy atom. The number of nitrogens with one attached hydrogen (secondary N) is 2. The zero-order valence-corrected chi connectivity index (χ0v) is 16.7. The number of hydrogen-bond acceptors (Lipinski definition) is 5. The molecule has 0 aliphatic heterocycles. The number of carbonyl (C=O) groups is 3. The van der Waals surface area contributed by atoms with Gasteiger partial charge in [0.1, 0.15) is 6.04 Å². The zero-order chi connectivity index (χ0) is 20.7. The van der Waals surface area contributed by atoms with E-state index in [0.29, 0.717) is 5.02 Å². The molecular weight excluding hydrogens is 384 g/mol. The Kier molecular flexibility index (Phi) is 7.63. The van der Waals surface area contributed by atoms with Crippen LogP contribution in [0.4, 0.5) is 0 Å². The monoisotopic (exact) mass is 406 g/mol. The molecule has 0 aliphatic carbocycles. The molecule has 0 fully saturated rings. The van der Waals surface area contributed by atoms with Gasteiger partial charge in [-0.15, -0.1) is 0 Å². The summed E-state index contributed by atoms with van der Waals surface area (Å²) < 4.78 is 10.3. The van der Waals surface area contributed by atoms with Gasteiger partial charge >= 0.3 is 5.97 Å². The molecule has 1 aromatic carbocycles. The topological polar surface area (TPSA) is 97.6 Å². The third-order valence-electron chi connectivity index (χ3n) is 4.03. The van der Waals surface area contributed by atoms with Gasteiger partial charge in [0.15, 0.2) is 11.9 Å². The highest BCUT2D eigenvalue weighted by molar-refractivity contribution is 6.31. The summed E-state index contributed by atoms with van der Waals surface area (Å²) >= 11 is 6.05. The fourth-order valence-corrected chi connectivity index (χ4v) is 2.59. The third kappa shape index (κ3) is 5.85. The Morgan fingerprint density at radius 3 is 2.43 bits per heavy atom. The fourth-order valence-electron chi connectivity index (χ4n) is 2.39. The Morgan fingerprint density at radius 1 is 1.11 bits per heavy atom. The lowest BCUT2D eigenvalue weighted by atomic mass is 10.0. The Bertz CT molecular complexity index is 820. The van der Waals surface area contributed by atoms with Crippen molar-refractivity contribution in [2.75, 3.05) is 0 Å². The van der Waals surface area contributed by atoms with Gasteiger partial charge in [0.2, 0.25) is 0 Å². The van der Waals surface area contributed by atoms with Gasteiger partial charge in [0, 0.05) is 11.6 Å². The van der Waals surface area contributed by atoms with Crippen molar-refractivity contribution < 1.29 is 23.5 Å². The van der Waals surface area contributed by atoms with Gasteiger partial charge in [-0.25, -0.2) is 4.79 Å². The number of halogens is 1. The Balaban J connectivity index is 1.91. The molecule has 0 saturated carbocycles. The summed E-state index contributed by atoms with van der Waals surface area (Å²) in [5.41, 5.74) is 0.752. The van der Waals surface area contributed by atoms with Crippen LogP contribution in [0.3, 0.4) is 0 Å². The average Bonchev–Trinajstić information content (AvgIpc) is 3.19. The van der Waals surface area contributed by atoms with Gasteiger partial charge in [0.05, 0.1) is 6.26 Å². The van der Waals surface area contributed by atoms with Crippen molar-refractivity contribution in [3.63, 3.8) is 0 Å². The van der Waals surface area contributed by atoms with E-state index in [1.54, 1.807) is 38.1 Å². The lowest BCUT2D eigenvalue weighted by Crippen LogP contribution is -2.47. The normalized spacial score (nSPS) is 12.9. The first-order valence-electron chi connectivity index (χ1n) is 8.85. The summed E-state index contributed by atoms with van der Waals surface area (Å²) in [6.07, 6.45) is 0.333. The first-order valence-corrected chi connectivity index (χ1v) is 9.23. The molecule has 2 atom stereocenters. The number of ether oxygens (including phenoxy) is 1. The highest BCUT2D eigenvalue weighted by Crippen LogP contribution is 2.14. The summed E-state index contributed by atoms with van der Waals surface area (Å²) in [6, 6.07) is 9.26. The number of hydrogen-bond donors (Lipinski definition) is 2. The molecule has 1 aromatic heterocycles. The Labute approximate surface area is 168 Å². The van der Waals surface area contributed by atoms with Crippen molar-refractivity contribution in [1.82, 2.24) is 10.6 Å². The number of esters is 1. The van der Waals surface area contributed by atoms with E-state index in [0.717, 1.165) is 5.56 Å². The van der Waals surface area contributed by atoms with Crippen LogP contribution < -0.4 is 10.6 Å². The van der Waals surface area contributed by atoms with E-state index in [1.807, 2.05) is 6.07 Å². The van der Waals surface area contributed by atoms with E-state index in [-0.39, 0.29) is 18.2 Å². The summed E-state index contributed by atoms with van der Waals surface area (Å²) in [6.45, 7) is 5.20. The van der Waals surface area contributed by atoms with Crippen LogP contribution in [0.5, 0.6) is 0 Å². The van der Waals surface area contributed by atoms with Gasteiger partial charge in [-0.1, -0.05) is 43.6 Å². The maximum Gasteiger partial charge on any atom is 0.329 e. The van der Waals surface area contributed by atoms with Crippen LogP contribution in [0.15, 0.2) is 47.1 Å². The predicted octanol–water partition coefficient (Wildman–Crippen LogP) is 2.94. The highest BCUT2D eigenvalue weighted by Gasteiger charge is 2.29. The summed E-state index contributed by atoms with van der Waals surface area (Å²) in [4.78, 5) is 36.8. The second-order valence-corrected chi connectivity index (χ2v) is 6.97. The largest absolute Gasteiger partial charge is 0.459 e. The summed E-state index contributed by atoms with van der Waals surface area (Å²) in [5.74, 6) is -1.85. The second kappa shape index (κ2) is 9.94. The SMILES string of the molecule is CC(C)[C@H](NC(=O)c1ccco1)C(=O)O[C@@H](C)C(=O)NCc1ccccc1Cl. The quantitative estimate of drug-likeness (QED) is 0.657. The molecule has 1 heterocycles. The van der Waals surface area contributed by atoms with Gasteiger partial charge in [-0.2, -0.15) is 0 Å². The number of amides is 2. The highest BCUT2D eigenvalue weighted by atomic mass is 35.5. The van der Waals surface area contributed by atoms with Crippen LogP contribution in [-0.2, 0) is 20.9 Å². The minimum Gasteiger partial charge on any atom is -0.459 e. The molecule has 0 radical (unpaired) electrons. The van der Waals surface area contributed by atoms with Crippen molar-refractivity contribution in [1.29, 1.82) is 0 Å². The van der Waals surface area contributed by atoms with Crippen molar-refractivity contribution in [3.05, 3.63) is 59.0 Å². The molecule has 8 heteroatoms. The number of furan rings is 1. The second-order valence-electron chi connectivity index (χ2n) is 6.56. The molecule has 150 valence electrons. The van der Waals surface area contributed by atoms with E-state index >= 15 is 0 Å². The summed E-state index contributed by atoms with van der Waals surface area (Å²) in [5, 5.41) is 5.78. The van der Waals surface area contributed by atoms with Crippen molar-refractivity contribution in [2.45, 2.75) is 39.5 Å². The van der Waals surface area contributed by atoms with Crippen LogP contribution >= 0.6 is 11.6 Å². The van der Waals surface area contributed by atoms with Crippen molar-refractivity contribution in [2.24, 2.45) is 5.92 Å². The molecule has 2 amide bonds. The maximum atomic E-state index is 12.5. The molecule has 7 nitrogen and oxygen atoms in total. The molecule has 0 saturated heterocycles. The molecule has 0 spiro atoms. The molecule has 28 heavy (non-hydrogen) atoms. The van der Waals surface area contributed by atoms with E-state index in [1.165, 1.54) is 19.3 Å². The smallest absolute Gasteiger partial charge is 0.329 e. The van der Waals surface area contributed by atoms with Crippen LogP contribution in [0.25, 0.3) is 0 Å². The molecule has 2 aromatic rings. The molecule has 0 unspecified atom stereocenters. The standard InChI is InChI=1S/C20H23ClN2O5/c1-12(2)17(23-19(25)16-9-6-10-27-16)20(26)28-13(3)18(24)22-11-14-7-4-5-8-15(14)21/h4-10,12-13,17H,11H2,1-3H3,(H,22,24)(H,23,25)/t13-,17-/m0/s1. The van der Waals surface area contributed by atoms with Gasteiger partial charge in [-0.05, 0) is 36.6 Å². The lowest BCUT2D eigenvalue weighted by molar-refractivity contribution is -0.157. The van der Waals surface area contributed by atoms with Crippen molar-refractivity contribution in [3.8, 4) is 0 Å². The van der Waals surface area contributed by atoms with Gasteiger partial charge in [-0.3, -0.25) is 9.59 Å². The first kappa shape index (κ1) is 21.5. The fraction of sp³-hybridized carbons (Fsp3) is 0.350. The molecule has 2 rings (SSSR count). The predicted molar refractivity (Wildman–Crippen MR) is 104 cm³/mol. The van der Waals surface area contributed by atoms with Crippen LogP contribution in [0.2, 0.25) is 5.02 Å². The van der Waals surface area contributed by atoms with Crippen molar-refractivity contribution >= 4 is 29.4 Å². The molecule has 2 N–H and O–H groups in total. The van der Waals surface area contributed by atoms with Gasteiger partial charge < -0.3 is 19.8 Å². The van der Waals surface area contributed by atoms with E-state index in [2.05, 4.69) is 10.6 Å². The van der Waals surface area contributed by atoms with Crippen LogP contribution in [0.1, 0.15) is 36.9 Å². The van der Waals surface area contributed by atoms with Crippen LogP contribution in [0, 0.1) is 5.92 Å². The van der Waals surface area contributed by atoms with E-state index < -0.39 is 29.9 Å². The zero-order valence-electron chi connectivity index (χ0n) is 15.9. The number of benzene rings is 1. The molecule has 0 bridgehead atoms. The van der Waals surface area contributed by atoms with E-state index in [4.69, 9.17) is 20.8 Å². The first-order chi connectivity index (χ1) is 13.3. The van der Waals surface area contributed by atoms with Crippen LogP contribution in [-0.4, -0.2) is 29.9 Å². The Hall–Kier alpha value is -2.80. The lowest BCUT2D eigenvalue weighted by Gasteiger charge is -2.22. The third-order valence-corrected chi connectivity index (χ3v) is 4.39. The molecular formula is C20H23ClN2O5. The minimum absolute atomic E-state index is 0.0870. The average molecular weight is 407 g/mol. The summed E-state index contributed by atoms with van der Waals surface area (Å²) in [7, 11) is 0.